The fraction of sp³-hybridized carbons (Fsp3) is 0.250. The summed E-state index contributed by atoms with van der Waals surface area (Å²) in [6.07, 6.45) is 1.24. The van der Waals surface area contributed by atoms with Crippen LogP contribution in [0.2, 0.25) is 0 Å². The molecule has 128 valence electrons. The van der Waals surface area contributed by atoms with Gasteiger partial charge in [-0.25, -0.2) is 14.4 Å². The van der Waals surface area contributed by atoms with Crippen LogP contribution >= 0.6 is 15.9 Å². The fourth-order valence-corrected chi connectivity index (χ4v) is 1.94. The summed E-state index contributed by atoms with van der Waals surface area (Å²) >= 11 is 3.20. The van der Waals surface area contributed by atoms with Gasteiger partial charge < -0.3 is 14.2 Å². The summed E-state index contributed by atoms with van der Waals surface area (Å²) in [6, 6.07) is 4.53. The van der Waals surface area contributed by atoms with E-state index in [1.54, 1.807) is 13.0 Å². The highest BCUT2D eigenvalue weighted by Gasteiger charge is 2.23. The first-order chi connectivity index (χ1) is 11.4. The molecule has 0 aliphatic rings. The average Bonchev–Trinajstić information content (AvgIpc) is 2.58. The quantitative estimate of drug-likeness (QED) is 0.300. The molecule has 0 aromatic heterocycles. The Morgan fingerprint density at radius 1 is 1.21 bits per heavy atom. The largest absolute Gasteiger partial charge is 0.466 e. The normalized spacial score (nSPS) is 11.6. The molecule has 0 fully saturated rings. The number of benzene rings is 1. The van der Waals surface area contributed by atoms with Crippen LogP contribution < -0.4 is 4.74 Å². The maximum Gasteiger partial charge on any atom is 0.352 e. The molecule has 0 aliphatic heterocycles. The zero-order valence-corrected chi connectivity index (χ0v) is 14.6. The first kappa shape index (κ1) is 19.6. The molecule has 8 heteroatoms. The van der Waals surface area contributed by atoms with E-state index in [-0.39, 0.29) is 17.7 Å². The first-order valence-electron chi connectivity index (χ1n) is 6.84. The number of halogens is 1. The molecule has 0 amide bonds. The average molecular weight is 399 g/mol. The molecule has 1 aromatic carbocycles. The van der Waals surface area contributed by atoms with Crippen LogP contribution in [-0.2, 0) is 23.9 Å². The number of rotatable bonds is 7. The number of hydrogen-bond donors (Lipinski definition) is 0. The second kappa shape index (κ2) is 9.61. The fourth-order valence-electron chi connectivity index (χ4n) is 1.56. The van der Waals surface area contributed by atoms with E-state index in [0.717, 1.165) is 19.3 Å². The van der Waals surface area contributed by atoms with Crippen molar-refractivity contribution in [2.45, 2.75) is 19.4 Å². The smallest absolute Gasteiger partial charge is 0.352 e. The van der Waals surface area contributed by atoms with Crippen LogP contribution in [-0.4, -0.2) is 37.4 Å². The minimum Gasteiger partial charge on any atom is -0.466 e. The van der Waals surface area contributed by atoms with Gasteiger partial charge in [0, 0.05) is 16.6 Å². The molecule has 0 heterocycles. The van der Waals surface area contributed by atoms with Crippen molar-refractivity contribution < 1.29 is 33.4 Å². The number of methoxy groups -OCH3 is 1. The highest BCUT2D eigenvalue weighted by Crippen LogP contribution is 2.22. The van der Waals surface area contributed by atoms with E-state index < -0.39 is 24.0 Å². The lowest BCUT2D eigenvalue weighted by Crippen LogP contribution is -2.30. The number of hydrogen-bond acceptors (Lipinski definition) is 7. The number of ether oxygens (including phenoxy) is 3. The maximum atomic E-state index is 12.1. The van der Waals surface area contributed by atoms with E-state index in [4.69, 9.17) is 9.47 Å². The Morgan fingerprint density at radius 3 is 2.46 bits per heavy atom. The molecule has 1 atom stereocenters. The van der Waals surface area contributed by atoms with Crippen molar-refractivity contribution in [3.05, 3.63) is 40.4 Å². The Labute approximate surface area is 146 Å². The highest BCUT2D eigenvalue weighted by atomic mass is 79.9. The van der Waals surface area contributed by atoms with E-state index in [0.29, 0.717) is 10.8 Å². The molecule has 1 aromatic rings. The summed E-state index contributed by atoms with van der Waals surface area (Å²) in [6.45, 7) is 1.62. The second-order valence-electron chi connectivity index (χ2n) is 4.41. The Bertz CT molecular complexity index is 666. The molecule has 0 saturated heterocycles. The SMILES string of the molecule is CCC(OC(=O)/C=C/C(=O)OC)C(=O)Oc1ccc(Br)cc1C=O. The monoisotopic (exact) mass is 398 g/mol. The minimum absolute atomic E-state index is 0.0535. The zero-order chi connectivity index (χ0) is 18.1. The summed E-state index contributed by atoms with van der Waals surface area (Å²) in [5, 5.41) is 0. The van der Waals surface area contributed by atoms with Crippen LogP contribution in [0.25, 0.3) is 0 Å². The second-order valence-corrected chi connectivity index (χ2v) is 5.33. The van der Waals surface area contributed by atoms with Crippen LogP contribution in [0.3, 0.4) is 0 Å². The molecule has 24 heavy (non-hydrogen) atoms. The van der Waals surface area contributed by atoms with Crippen molar-refractivity contribution in [2.75, 3.05) is 7.11 Å². The van der Waals surface area contributed by atoms with Crippen LogP contribution in [0.4, 0.5) is 0 Å². The molecule has 0 radical (unpaired) electrons. The third kappa shape index (κ3) is 5.96. The molecular formula is C16H15BrO7. The van der Waals surface area contributed by atoms with Gasteiger partial charge in [-0.2, -0.15) is 0 Å². The van der Waals surface area contributed by atoms with Crippen LogP contribution in [0, 0.1) is 0 Å². The maximum absolute atomic E-state index is 12.1. The molecule has 0 aliphatic carbocycles. The van der Waals surface area contributed by atoms with Gasteiger partial charge in [0.15, 0.2) is 12.4 Å². The van der Waals surface area contributed by atoms with E-state index >= 15 is 0 Å². The molecular weight excluding hydrogens is 384 g/mol. The van der Waals surface area contributed by atoms with E-state index in [1.807, 2.05) is 0 Å². The van der Waals surface area contributed by atoms with Gasteiger partial charge in [0.2, 0.25) is 0 Å². The predicted octanol–water partition coefficient (Wildman–Crippen LogP) is 2.22. The van der Waals surface area contributed by atoms with Crippen molar-refractivity contribution in [1.82, 2.24) is 0 Å². The Hall–Kier alpha value is -2.48. The van der Waals surface area contributed by atoms with Gasteiger partial charge in [0.05, 0.1) is 12.7 Å². The molecule has 0 N–H and O–H groups in total. The summed E-state index contributed by atoms with van der Waals surface area (Å²) in [7, 11) is 1.16. The lowest BCUT2D eigenvalue weighted by molar-refractivity contribution is -0.159. The van der Waals surface area contributed by atoms with Gasteiger partial charge in [0.25, 0.3) is 0 Å². The molecule has 0 saturated carbocycles. The first-order valence-corrected chi connectivity index (χ1v) is 7.63. The van der Waals surface area contributed by atoms with Gasteiger partial charge in [0.1, 0.15) is 5.75 Å². The van der Waals surface area contributed by atoms with Crippen molar-refractivity contribution in [2.24, 2.45) is 0 Å². The van der Waals surface area contributed by atoms with Crippen molar-refractivity contribution in [3.63, 3.8) is 0 Å². The minimum atomic E-state index is -1.18. The molecule has 7 nitrogen and oxygen atoms in total. The standard InChI is InChI=1S/C16H15BrO7/c1-3-12(23-15(20)7-6-14(19)22-2)16(21)24-13-5-4-11(17)8-10(13)9-18/h4-9,12H,3H2,1-2H3/b7-6+. The number of carbonyl (C=O) groups is 4. The van der Waals surface area contributed by atoms with Gasteiger partial charge in [-0.15, -0.1) is 0 Å². The summed E-state index contributed by atoms with van der Waals surface area (Å²) < 4.78 is 15.0. The van der Waals surface area contributed by atoms with Crippen LogP contribution in [0.15, 0.2) is 34.8 Å². The lowest BCUT2D eigenvalue weighted by Gasteiger charge is -2.14. The topological polar surface area (TPSA) is 96.0 Å². The van der Waals surface area contributed by atoms with Crippen molar-refractivity contribution in [3.8, 4) is 5.75 Å². The molecule has 0 bridgehead atoms. The van der Waals surface area contributed by atoms with E-state index in [1.165, 1.54) is 12.1 Å². The highest BCUT2D eigenvalue weighted by molar-refractivity contribution is 9.10. The third-order valence-electron chi connectivity index (χ3n) is 2.76. The van der Waals surface area contributed by atoms with Crippen LogP contribution in [0.1, 0.15) is 23.7 Å². The Kier molecular flexibility index (Phi) is 7.84. The van der Waals surface area contributed by atoms with Gasteiger partial charge >= 0.3 is 17.9 Å². The van der Waals surface area contributed by atoms with Crippen molar-refractivity contribution in [1.29, 1.82) is 0 Å². The Balaban J connectivity index is 2.77. The van der Waals surface area contributed by atoms with Crippen LogP contribution in [0.5, 0.6) is 5.75 Å². The van der Waals surface area contributed by atoms with E-state index in [9.17, 15) is 19.2 Å². The zero-order valence-electron chi connectivity index (χ0n) is 13.0. The molecule has 0 spiro atoms. The number of esters is 3. The number of carbonyl (C=O) groups excluding carboxylic acids is 4. The van der Waals surface area contributed by atoms with Crippen molar-refractivity contribution >= 4 is 40.1 Å². The molecule has 1 rings (SSSR count). The van der Waals surface area contributed by atoms with E-state index in [2.05, 4.69) is 20.7 Å². The third-order valence-corrected chi connectivity index (χ3v) is 3.25. The van der Waals surface area contributed by atoms with Gasteiger partial charge in [-0.05, 0) is 24.6 Å². The molecule has 1 unspecified atom stereocenters. The Morgan fingerprint density at radius 2 is 1.88 bits per heavy atom. The summed E-state index contributed by atoms with van der Waals surface area (Å²) in [5.41, 5.74) is 0.171. The number of aldehydes is 1. The van der Waals surface area contributed by atoms with Gasteiger partial charge in [-0.1, -0.05) is 22.9 Å². The lowest BCUT2D eigenvalue weighted by atomic mass is 10.2. The summed E-state index contributed by atoms with van der Waals surface area (Å²) in [4.78, 5) is 45.6. The van der Waals surface area contributed by atoms with Gasteiger partial charge in [-0.3, -0.25) is 4.79 Å². The predicted molar refractivity (Wildman–Crippen MR) is 86.5 cm³/mol. The summed E-state index contributed by atoms with van der Waals surface area (Å²) in [5.74, 6) is -2.40.